The fourth-order valence-corrected chi connectivity index (χ4v) is 2.77. The molecule has 7 heteroatoms. The standard InChI is InChI=1S/C12H13BrN4O2/c1-16-9-4-7(13)8(17-3-2-15-12(17)14)5-10(9)19-6-11(16)18/h4-5H,2-3,6H2,1H3,(H2,14,15). The number of guanidine groups is 1. The first-order chi connectivity index (χ1) is 9.08. The Morgan fingerprint density at radius 1 is 1.42 bits per heavy atom. The van der Waals surface area contributed by atoms with Gasteiger partial charge in [0.15, 0.2) is 12.6 Å². The maximum Gasteiger partial charge on any atom is 0.264 e. The van der Waals surface area contributed by atoms with Gasteiger partial charge in [0.1, 0.15) is 5.75 Å². The van der Waals surface area contributed by atoms with Crippen LogP contribution in [0.25, 0.3) is 0 Å². The summed E-state index contributed by atoms with van der Waals surface area (Å²) in [6.45, 7) is 1.55. The van der Waals surface area contributed by atoms with Gasteiger partial charge in [-0.1, -0.05) is 0 Å². The second-order valence-electron chi connectivity index (χ2n) is 4.44. The van der Waals surface area contributed by atoms with Gasteiger partial charge in [0.2, 0.25) is 0 Å². The lowest BCUT2D eigenvalue weighted by Crippen LogP contribution is -2.36. The van der Waals surface area contributed by atoms with Crippen molar-refractivity contribution in [3.8, 4) is 5.75 Å². The van der Waals surface area contributed by atoms with Gasteiger partial charge in [0, 0.05) is 30.7 Å². The second kappa shape index (κ2) is 4.41. The van der Waals surface area contributed by atoms with E-state index in [9.17, 15) is 4.79 Å². The quantitative estimate of drug-likeness (QED) is 0.813. The molecule has 3 rings (SSSR count). The predicted molar refractivity (Wildman–Crippen MR) is 76.1 cm³/mol. The maximum absolute atomic E-state index is 11.6. The minimum atomic E-state index is -0.0669. The van der Waals surface area contributed by atoms with Crippen LogP contribution in [0.5, 0.6) is 5.75 Å². The summed E-state index contributed by atoms with van der Waals surface area (Å²) in [5.41, 5.74) is 1.61. The van der Waals surface area contributed by atoms with E-state index in [1.54, 1.807) is 11.9 Å². The van der Waals surface area contributed by atoms with E-state index >= 15 is 0 Å². The van der Waals surface area contributed by atoms with E-state index in [0.29, 0.717) is 11.7 Å². The van der Waals surface area contributed by atoms with Crippen molar-refractivity contribution in [2.24, 2.45) is 0 Å². The third-order valence-corrected chi connectivity index (χ3v) is 3.94. The van der Waals surface area contributed by atoms with E-state index in [4.69, 9.17) is 10.1 Å². The number of hydrogen-bond acceptors (Lipinski definition) is 3. The minimum absolute atomic E-state index is 0.0558. The van der Waals surface area contributed by atoms with Crippen molar-refractivity contribution < 1.29 is 9.53 Å². The first-order valence-corrected chi connectivity index (χ1v) is 6.70. The maximum atomic E-state index is 11.6. The van der Waals surface area contributed by atoms with Crippen LogP contribution < -0.4 is 19.9 Å². The molecule has 1 amide bonds. The number of fused-ring (bicyclic) bond motifs is 1. The Morgan fingerprint density at radius 3 is 2.89 bits per heavy atom. The Morgan fingerprint density at radius 2 is 2.21 bits per heavy atom. The number of benzene rings is 1. The number of nitrogens with zero attached hydrogens (tertiary/aromatic N) is 2. The Balaban J connectivity index is 2.05. The molecule has 0 unspecified atom stereocenters. The average Bonchev–Trinajstić information content (AvgIpc) is 2.80. The molecule has 100 valence electrons. The summed E-state index contributed by atoms with van der Waals surface area (Å²) in [4.78, 5) is 15.0. The first-order valence-electron chi connectivity index (χ1n) is 5.91. The minimum Gasteiger partial charge on any atom is -0.481 e. The van der Waals surface area contributed by atoms with Crippen molar-refractivity contribution >= 4 is 39.2 Å². The molecule has 6 nitrogen and oxygen atoms in total. The van der Waals surface area contributed by atoms with Crippen LogP contribution in [0.4, 0.5) is 11.4 Å². The molecular formula is C12H13BrN4O2. The van der Waals surface area contributed by atoms with E-state index in [2.05, 4.69) is 21.2 Å². The summed E-state index contributed by atoms with van der Waals surface area (Å²) in [5.74, 6) is 0.976. The molecule has 2 aliphatic rings. The number of ether oxygens (including phenoxy) is 1. The zero-order chi connectivity index (χ0) is 13.6. The van der Waals surface area contributed by atoms with Crippen molar-refractivity contribution in [1.82, 2.24) is 5.32 Å². The summed E-state index contributed by atoms with van der Waals surface area (Å²) in [7, 11) is 1.73. The number of anilines is 2. The Hall–Kier alpha value is -1.76. The highest BCUT2D eigenvalue weighted by atomic mass is 79.9. The van der Waals surface area contributed by atoms with Crippen LogP contribution in [-0.2, 0) is 4.79 Å². The van der Waals surface area contributed by atoms with Gasteiger partial charge in [-0.05, 0) is 22.0 Å². The average molecular weight is 325 g/mol. The topological polar surface area (TPSA) is 68.7 Å². The Kier molecular flexibility index (Phi) is 2.85. The molecule has 19 heavy (non-hydrogen) atoms. The molecule has 1 saturated heterocycles. The van der Waals surface area contributed by atoms with Gasteiger partial charge in [-0.3, -0.25) is 10.2 Å². The number of carbonyl (C=O) groups is 1. The van der Waals surface area contributed by atoms with Crippen LogP contribution >= 0.6 is 15.9 Å². The molecular weight excluding hydrogens is 312 g/mol. The van der Waals surface area contributed by atoms with Gasteiger partial charge in [0.25, 0.3) is 5.91 Å². The third-order valence-electron chi connectivity index (χ3n) is 3.30. The third kappa shape index (κ3) is 1.94. The van der Waals surface area contributed by atoms with Gasteiger partial charge >= 0.3 is 0 Å². The molecule has 0 spiro atoms. The van der Waals surface area contributed by atoms with Gasteiger partial charge < -0.3 is 19.9 Å². The summed E-state index contributed by atoms with van der Waals surface area (Å²) in [6.07, 6.45) is 0. The normalized spacial score (nSPS) is 18.2. The molecule has 0 aromatic heterocycles. The van der Waals surface area contributed by atoms with Gasteiger partial charge in [-0.2, -0.15) is 0 Å². The summed E-state index contributed by atoms with van der Waals surface area (Å²) < 4.78 is 6.30. The molecule has 2 heterocycles. The van der Waals surface area contributed by atoms with Crippen LogP contribution in [0, 0.1) is 5.41 Å². The largest absolute Gasteiger partial charge is 0.481 e. The van der Waals surface area contributed by atoms with E-state index in [-0.39, 0.29) is 12.5 Å². The molecule has 2 aliphatic heterocycles. The number of rotatable bonds is 1. The predicted octanol–water partition coefficient (Wildman–Crippen LogP) is 1.15. The monoisotopic (exact) mass is 324 g/mol. The number of likely N-dealkylation sites (N-methyl/N-ethyl adjacent to an activating group) is 1. The van der Waals surface area contributed by atoms with Gasteiger partial charge in [-0.15, -0.1) is 0 Å². The number of nitrogens with one attached hydrogen (secondary N) is 2. The van der Waals surface area contributed by atoms with Crippen LogP contribution in [0.1, 0.15) is 0 Å². The van der Waals surface area contributed by atoms with Crippen molar-refractivity contribution in [1.29, 1.82) is 5.41 Å². The SMILES string of the molecule is CN1C(=O)COc2cc(N3CCNC3=N)c(Br)cc21. The summed E-state index contributed by atoms with van der Waals surface area (Å²) in [6, 6.07) is 3.72. The van der Waals surface area contributed by atoms with Crippen molar-refractivity contribution in [2.75, 3.05) is 36.5 Å². The zero-order valence-electron chi connectivity index (χ0n) is 10.4. The van der Waals surface area contributed by atoms with E-state index in [0.717, 1.165) is 28.9 Å². The van der Waals surface area contributed by atoms with Crippen molar-refractivity contribution in [2.45, 2.75) is 0 Å². The number of carbonyl (C=O) groups excluding carboxylic acids is 1. The van der Waals surface area contributed by atoms with Gasteiger partial charge in [-0.25, -0.2) is 0 Å². The van der Waals surface area contributed by atoms with Gasteiger partial charge in [0.05, 0.1) is 11.4 Å². The van der Waals surface area contributed by atoms with Crippen LogP contribution in [0.2, 0.25) is 0 Å². The number of amides is 1. The fraction of sp³-hybridized carbons (Fsp3) is 0.333. The number of hydrogen-bond donors (Lipinski definition) is 2. The highest BCUT2D eigenvalue weighted by Crippen LogP contribution is 2.40. The molecule has 1 aromatic rings. The highest BCUT2D eigenvalue weighted by Gasteiger charge is 2.27. The summed E-state index contributed by atoms with van der Waals surface area (Å²) >= 11 is 3.50. The molecule has 0 aliphatic carbocycles. The zero-order valence-corrected chi connectivity index (χ0v) is 12.0. The van der Waals surface area contributed by atoms with Crippen molar-refractivity contribution in [3.05, 3.63) is 16.6 Å². The highest BCUT2D eigenvalue weighted by molar-refractivity contribution is 9.10. The lowest BCUT2D eigenvalue weighted by Gasteiger charge is -2.28. The van der Waals surface area contributed by atoms with E-state index in [1.165, 1.54) is 0 Å². The second-order valence-corrected chi connectivity index (χ2v) is 5.29. The first kappa shape index (κ1) is 12.3. The van der Waals surface area contributed by atoms with Crippen LogP contribution in [0.3, 0.4) is 0 Å². The Bertz CT molecular complexity index is 575. The van der Waals surface area contributed by atoms with E-state index in [1.807, 2.05) is 17.0 Å². The molecule has 1 aromatic carbocycles. The Labute approximate surface area is 119 Å². The lowest BCUT2D eigenvalue weighted by atomic mass is 10.2. The molecule has 0 radical (unpaired) electrons. The summed E-state index contributed by atoms with van der Waals surface area (Å²) in [5, 5.41) is 10.8. The molecule has 0 bridgehead atoms. The van der Waals surface area contributed by atoms with E-state index < -0.39 is 0 Å². The fourth-order valence-electron chi connectivity index (χ4n) is 2.22. The lowest BCUT2D eigenvalue weighted by molar-refractivity contribution is -0.120. The smallest absolute Gasteiger partial charge is 0.264 e. The van der Waals surface area contributed by atoms with Crippen LogP contribution in [-0.4, -0.2) is 38.6 Å². The van der Waals surface area contributed by atoms with Crippen molar-refractivity contribution in [3.63, 3.8) is 0 Å². The molecule has 2 N–H and O–H groups in total. The van der Waals surface area contributed by atoms with Crippen LogP contribution in [0.15, 0.2) is 16.6 Å². The molecule has 1 fully saturated rings. The number of halogens is 1. The molecule has 0 atom stereocenters. The molecule has 0 saturated carbocycles.